The smallest absolute Gasteiger partial charge is 0.286 e. The quantitative estimate of drug-likeness (QED) is 0.480. The van der Waals surface area contributed by atoms with Gasteiger partial charge in [-0.15, -0.1) is 0 Å². The minimum Gasteiger partial charge on any atom is -0.286 e. The topological polar surface area (TPSA) is 17.1 Å². The number of alkyl halides is 2. The van der Waals surface area contributed by atoms with Crippen molar-refractivity contribution in [1.82, 2.24) is 0 Å². The summed E-state index contributed by atoms with van der Waals surface area (Å²) >= 11 is 3.20. The van der Waals surface area contributed by atoms with Crippen LogP contribution in [0, 0.1) is 11.8 Å². The van der Waals surface area contributed by atoms with Gasteiger partial charge in [-0.2, -0.15) is 8.78 Å². The fourth-order valence-corrected chi connectivity index (χ4v) is 2.31. The van der Waals surface area contributed by atoms with E-state index >= 15 is 0 Å². The maximum atomic E-state index is 14.0. The molecular formula is C20H17BrF2O. The van der Waals surface area contributed by atoms with Crippen LogP contribution in [0.5, 0.6) is 0 Å². The Kier molecular flexibility index (Phi) is 5.25. The summed E-state index contributed by atoms with van der Waals surface area (Å²) < 4.78 is 28.8. The lowest BCUT2D eigenvalue weighted by molar-refractivity contribution is 0.0428. The molecule has 124 valence electrons. The van der Waals surface area contributed by atoms with E-state index in [1.165, 1.54) is 12.1 Å². The van der Waals surface area contributed by atoms with Gasteiger partial charge in [-0.05, 0) is 41.2 Å². The average Bonchev–Trinajstić information content (AvgIpc) is 2.52. The van der Waals surface area contributed by atoms with Crippen molar-refractivity contribution in [2.24, 2.45) is 0 Å². The van der Waals surface area contributed by atoms with Crippen LogP contribution in [0.15, 0.2) is 53.0 Å². The lowest BCUT2D eigenvalue weighted by atomic mass is 9.87. The summed E-state index contributed by atoms with van der Waals surface area (Å²) in [5.74, 6) is -0.826. The van der Waals surface area contributed by atoms with E-state index < -0.39 is 11.7 Å². The summed E-state index contributed by atoms with van der Waals surface area (Å²) in [5, 5.41) is 0. The van der Waals surface area contributed by atoms with E-state index in [-0.39, 0.29) is 11.0 Å². The molecule has 2 aromatic rings. The normalized spacial score (nSPS) is 11.6. The number of halogens is 3. The molecule has 0 fully saturated rings. The number of Topliss-reactive ketones (excluding diaryl/α,β-unsaturated/α-hetero) is 1. The van der Waals surface area contributed by atoms with Crippen LogP contribution in [-0.2, 0) is 5.41 Å². The SMILES string of the molecule is CC(C)(C)c1ccc(C#CC(F)(F)C(=O)c2ccc(Br)cc2)cc1. The van der Waals surface area contributed by atoms with Crippen molar-refractivity contribution in [2.75, 3.05) is 0 Å². The second-order valence-corrected chi connectivity index (χ2v) is 7.40. The second-order valence-electron chi connectivity index (χ2n) is 6.49. The molecule has 2 rings (SSSR count). The Balaban J connectivity index is 2.21. The van der Waals surface area contributed by atoms with Crippen LogP contribution < -0.4 is 0 Å². The summed E-state index contributed by atoms with van der Waals surface area (Å²) in [6.07, 6.45) is 0. The van der Waals surface area contributed by atoms with Gasteiger partial charge in [0, 0.05) is 15.6 Å². The molecule has 0 saturated heterocycles. The molecule has 0 aliphatic rings. The van der Waals surface area contributed by atoms with Crippen molar-refractivity contribution in [3.63, 3.8) is 0 Å². The van der Waals surface area contributed by atoms with Crippen molar-refractivity contribution < 1.29 is 13.6 Å². The Morgan fingerprint density at radius 3 is 2.00 bits per heavy atom. The minimum absolute atomic E-state index is 0.0204. The van der Waals surface area contributed by atoms with Gasteiger partial charge in [0.25, 0.3) is 0 Å². The van der Waals surface area contributed by atoms with Crippen LogP contribution in [0.2, 0.25) is 0 Å². The summed E-state index contributed by atoms with van der Waals surface area (Å²) in [7, 11) is 0. The summed E-state index contributed by atoms with van der Waals surface area (Å²) in [4.78, 5) is 11.9. The van der Waals surface area contributed by atoms with Gasteiger partial charge in [0.2, 0.25) is 5.78 Å². The molecule has 0 bridgehead atoms. The van der Waals surface area contributed by atoms with E-state index in [0.29, 0.717) is 10.0 Å². The highest BCUT2D eigenvalue weighted by molar-refractivity contribution is 9.10. The number of carbonyl (C=O) groups is 1. The molecule has 0 heterocycles. The fourth-order valence-electron chi connectivity index (χ4n) is 2.04. The van der Waals surface area contributed by atoms with Crippen LogP contribution in [0.4, 0.5) is 8.78 Å². The second kappa shape index (κ2) is 6.86. The van der Waals surface area contributed by atoms with Crippen molar-refractivity contribution in [3.05, 3.63) is 69.7 Å². The Labute approximate surface area is 149 Å². The van der Waals surface area contributed by atoms with Gasteiger partial charge >= 0.3 is 5.92 Å². The van der Waals surface area contributed by atoms with Crippen LogP contribution >= 0.6 is 15.9 Å². The van der Waals surface area contributed by atoms with Crippen molar-refractivity contribution in [1.29, 1.82) is 0 Å². The van der Waals surface area contributed by atoms with Crippen LogP contribution in [-0.4, -0.2) is 11.7 Å². The van der Waals surface area contributed by atoms with Crippen molar-refractivity contribution in [3.8, 4) is 11.8 Å². The Hall–Kier alpha value is -1.99. The van der Waals surface area contributed by atoms with E-state index in [4.69, 9.17) is 0 Å². The molecule has 0 atom stereocenters. The number of ketones is 1. The maximum absolute atomic E-state index is 14.0. The highest BCUT2D eigenvalue weighted by atomic mass is 79.9. The van der Waals surface area contributed by atoms with E-state index in [9.17, 15) is 13.6 Å². The van der Waals surface area contributed by atoms with E-state index in [1.54, 1.807) is 30.2 Å². The third kappa shape index (κ3) is 4.52. The van der Waals surface area contributed by atoms with E-state index in [2.05, 4.69) is 42.6 Å². The van der Waals surface area contributed by atoms with Gasteiger partial charge in [-0.3, -0.25) is 4.79 Å². The molecule has 0 aliphatic carbocycles. The highest BCUT2D eigenvalue weighted by Gasteiger charge is 2.37. The number of hydrogen-bond donors (Lipinski definition) is 0. The first-order chi connectivity index (χ1) is 11.1. The van der Waals surface area contributed by atoms with Crippen LogP contribution in [0.1, 0.15) is 42.3 Å². The molecule has 0 aromatic heterocycles. The van der Waals surface area contributed by atoms with Crippen LogP contribution in [0.25, 0.3) is 0 Å². The maximum Gasteiger partial charge on any atom is 0.370 e. The average molecular weight is 391 g/mol. The Morgan fingerprint density at radius 1 is 0.958 bits per heavy atom. The monoisotopic (exact) mass is 390 g/mol. The zero-order chi connectivity index (χ0) is 18.0. The fraction of sp³-hybridized carbons (Fsp3) is 0.250. The van der Waals surface area contributed by atoms with Gasteiger partial charge < -0.3 is 0 Å². The first-order valence-electron chi connectivity index (χ1n) is 7.41. The molecular weight excluding hydrogens is 374 g/mol. The number of benzene rings is 2. The number of rotatable bonds is 2. The molecule has 0 radical (unpaired) electrons. The third-order valence-corrected chi connectivity index (χ3v) is 4.04. The Morgan fingerprint density at radius 2 is 1.50 bits per heavy atom. The zero-order valence-corrected chi connectivity index (χ0v) is 15.2. The molecule has 2 aromatic carbocycles. The Bertz CT molecular complexity index is 789. The van der Waals surface area contributed by atoms with Gasteiger partial charge in [0.15, 0.2) is 0 Å². The molecule has 0 unspecified atom stereocenters. The van der Waals surface area contributed by atoms with Crippen LogP contribution in [0.3, 0.4) is 0 Å². The largest absolute Gasteiger partial charge is 0.370 e. The molecule has 0 amide bonds. The van der Waals surface area contributed by atoms with E-state index in [1.807, 2.05) is 12.1 Å². The molecule has 1 nitrogen and oxygen atoms in total. The van der Waals surface area contributed by atoms with Gasteiger partial charge in [0.05, 0.1) is 0 Å². The predicted octanol–water partition coefficient (Wildman–Crippen LogP) is 5.62. The molecule has 4 heteroatoms. The first-order valence-corrected chi connectivity index (χ1v) is 8.21. The highest BCUT2D eigenvalue weighted by Crippen LogP contribution is 2.23. The number of carbonyl (C=O) groups excluding carboxylic acids is 1. The molecule has 0 saturated carbocycles. The molecule has 0 aliphatic heterocycles. The summed E-state index contributed by atoms with van der Waals surface area (Å²) in [5.41, 5.74) is 1.45. The standard InChI is InChI=1S/C20H17BrF2O/c1-19(2,3)16-8-4-14(5-9-16)12-13-20(22,23)18(24)15-6-10-17(21)11-7-15/h4-11H,1-3H3. The van der Waals surface area contributed by atoms with Gasteiger partial charge in [0.1, 0.15) is 0 Å². The van der Waals surface area contributed by atoms with Gasteiger partial charge in [-0.1, -0.05) is 66.9 Å². The van der Waals surface area contributed by atoms with Crippen molar-refractivity contribution in [2.45, 2.75) is 32.1 Å². The zero-order valence-electron chi connectivity index (χ0n) is 13.7. The first kappa shape index (κ1) is 18.4. The third-order valence-electron chi connectivity index (χ3n) is 3.51. The summed E-state index contributed by atoms with van der Waals surface area (Å²) in [6.45, 7) is 6.20. The molecule has 0 N–H and O–H groups in total. The van der Waals surface area contributed by atoms with E-state index in [0.717, 1.165) is 5.56 Å². The molecule has 24 heavy (non-hydrogen) atoms. The summed E-state index contributed by atoms with van der Waals surface area (Å²) in [6, 6.07) is 12.9. The lowest BCUT2D eigenvalue weighted by Crippen LogP contribution is -2.26. The van der Waals surface area contributed by atoms with Crippen molar-refractivity contribution >= 4 is 21.7 Å². The predicted molar refractivity (Wildman–Crippen MR) is 95.4 cm³/mol. The van der Waals surface area contributed by atoms with Gasteiger partial charge in [-0.25, -0.2) is 0 Å². The number of hydrogen-bond acceptors (Lipinski definition) is 1. The lowest BCUT2D eigenvalue weighted by Gasteiger charge is -2.18. The minimum atomic E-state index is -3.73. The molecule has 0 spiro atoms.